The summed E-state index contributed by atoms with van der Waals surface area (Å²) in [5.74, 6) is -0.701. The Morgan fingerprint density at radius 2 is 1.80 bits per heavy atom. The molecule has 0 amide bonds. The lowest BCUT2D eigenvalue weighted by atomic mass is 10.00. The molecule has 0 spiro atoms. The van der Waals surface area contributed by atoms with E-state index < -0.39 is 5.97 Å². The molecule has 0 atom stereocenters. The van der Waals surface area contributed by atoms with Crippen LogP contribution in [0.2, 0.25) is 0 Å². The first kappa shape index (κ1) is 12.9. The van der Waals surface area contributed by atoms with E-state index in [1.807, 2.05) is 0 Å². The first-order valence-electron chi connectivity index (χ1n) is 7.16. The van der Waals surface area contributed by atoms with Crippen LogP contribution in [0.4, 0.5) is 0 Å². The first-order valence-corrected chi connectivity index (χ1v) is 7.16. The lowest BCUT2D eigenvalue weighted by Gasteiger charge is -2.05. The number of carboxylic acid groups (broad SMARTS) is 1. The maximum absolute atomic E-state index is 10.5. The van der Waals surface area contributed by atoms with Crippen molar-refractivity contribution in [2.45, 2.75) is 32.1 Å². The molecule has 20 heavy (non-hydrogen) atoms. The maximum atomic E-state index is 10.5. The van der Waals surface area contributed by atoms with Crippen molar-refractivity contribution in [1.82, 2.24) is 0 Å². The molecule has 2 heteroatoms. The Labute approximate surface area is 119 Å². The topological polar surface area (TPSA) is 37.3 Å². The van der Waals surface area contributed by atoms with Gasteiger partial charge in [-0.1, -0.05) is 42.5 Å². The summed E-state index contributed by atoms with van der Waals surface area (Å²) in [6.45, 7) is 0. The normalized spacial score (nSPS) is 12.0. The maximum Gasteiger partial charge on any atom is 0.303 e. The van der Waals surface area contributed by atoms with Crippen molar-refractivity contribution in [2.75, 3.05) is 0 Å². The van der Waals surface area contributed by atoms with E-state index in [0.29, 0.717) is 0 Å². The number of fused-ring (bicyclic) bond motifs is 3. The molecule has 0 aliphatic heterocycles. The first-order chi connectivity index (χ1) is 9.74. The van der Waals surface area contributed by atoms with Crippen LogP contribution in [0.15, 0.2) is 42.5 Å². The van der Waals surface area contributed by atoms with Crippen LogP contribution >= 0.6 is 0 Å². The summed E-state index contributed by atoms with van der Waals surface area (Å²) in [5, 5.41) is 8.65. The third-order valence-electron chi connectivity index (χ3n) is 3.97. The molecule has 102 valence electrons. The lowest BCUT2D eigenvalue weighted by molar-refractivity contribution is -0.137. The van der Waals surface area contributed by atoms with E-state index in [-0.39, 0.29) is 6.42 Å². The zero-order valence-electron chi connectivity index (χ0n) is 11.4. The van der Waals surface area contributed by atoms with Crippen LogP contribution < -0.4 is 0 Å². The molecule has 1 aliphatic carbocycles. The Hall–Kier alpha value is -2.09. The number of hydrogen-bond acceptors (Lipinski definition) is 1. The molecule has 1 N–H and O–H groups in total. The summed E-state index contributed by atoms with van der Waals surface area (Å²) >= 11 is 0. The number of aliphatic carboxylic acids is 1. The third-order valence-corrected chi connectivity index (χ3v) is 3.97. The van der Waals surface area contributed by atoms with E-state index >= 15 is 0 Å². The Morgan fingerprint density at radius 1 is 1.00 bits per heavy atom. The number of hydrogen-bond donors (Lipinski definition) is 1. The predicted octanol–water partition coefficient (Wildman–Crippen LogP) is 4.06. The van der Waals surface area contributed by atoms with Gasteiger partial charge >= 0.3 is 5.97 Å². The average molecular weight is 266 g/mol. The quantitative estimate of drug-likeness (QED) is 0.707. The lowest BCUT2D eigenvalue weighted by Crippen LogP contribution is -1.95. The van der Waals surface area contributed by atoms with Crippen LogP contribution in [-0.4, -0.2) is 11.1 Å². The molecule has 2 aromatic carbocycles. The SMILES string of the molecule is O=C(O)CCCCc1ccc2c(c1)-c1ccccc1C2. The summed E-state index contributed by atoms with van der Waals surface area (Å²) in [4.78, 5) is 10.5. The zero-order chi connectivity index (χ0) is 13.9. The zero-order valence-corrected chi connectivity index (χ0v) is 11.4. The van der Waals surface area contributed by atoms with Gasteiger partial charge in [-0.05, 0) is 53.5 Å². The fourth-order valence-corrected chi connectivity index (χ4v) is 2.93. The highest BCUT2D eigenvalue weighted by Gasteiger charge is 2.17. The molecule has 0 saturated carbocycles. The van der Waals surface area contributed by atoms with Gasteiger partial charge in [-0.25, -0.2) is 0 Å². The van der Waals surface area contributed by atoms with Gasteiger partial charge in [0, 0.05) is 6.42 Å². The van der Waals surface area contributed by atoms with Crippen LogP contribution in [0, 0.1) is 0 Å². The second-order valence-electron chi connectivity index (χ2n) is 5.43. The second kappa shape index (κ2) is 5.49. The Bertz CT molecular complexity index is 644. The minimum absolute atomic E-state index is 0.272. The smallest absolute Gasteiger partial charge is 0.303 e. The Balaban J connectivity index is 1.73. The Morgan fingerprint density at radius 3 is 2.65 bits per heavy atom. The van der Waals surface area contributed by atoms with E-state index in [1.165, 1.54) is 27.8 Å². The van der Waals surface area contributed by atoms with Gasteiger partial charge in [-0.3, -0.25) is 4.79 Å². The highest BCUT2D eigenvalue weighted by atomic mass is 16.4. The average Bonchev–Trinajstić information content (AvgIpc) is 2.81. The van der Waals surface area contributed by atoms with E-state index in [2.05, 4.69) is 42.5 Å². The number of carbonyl (C=O) groups is 1. The van der Waals surface area contributed by atoms with Crippen molar-refractivity contribution in [2.24, 2.45) is 0 Å². The molecule has 0 unspecified atom stereocenters. The summed E-state index contributed by atoms with van der Waals surface area (Å²) in [6, 6.07) is 15.3. The Kier molecular flexibility index (Phi) is 3.55. The fourth-order valence-electron chi connectivity index (χ4n) is 2.93. The summed E-state index contributed by atoms with van der Waals surface area (Å²) in [6.07, 6.45) is 3.96. The molecule has 0 bridgehead atoms. The largest absolute Gasteiger partial charge is 0.481 e. The van der Waals surface area contributed by atoms with Crippen molar-refractivity contribution < 1.29 is 9.90 Å². The molecule has 0 heterocycles. The van der Waals surface area contributed by atoms with Gasteiger partial charge in [0.2, 0.25) is 0 Å². The van der Waals surface area contributed by atoms with E-state index in [4.69, 9.17) is 5.11 Å². The third kappa shape index (κ3) is 2.60. The van der Waals surface area contributed by atoms with Gasteiger partial charge in [0.15, 0.2) is 0 Å². The molecule has 3 rings (SSSR count). The number of benzene rings is 2. The fraction of sp³-hybridized carbons (Fsp3) is 0.278. The van der Waals surface area contributed by atoms with Gasteiger partial charge in [0.05, 0.1) is 0 Å². The highest BCUT2D eigenvalue weighted by molar-refractivity contribution is 5.77. The standard InChI is InChI=1S/C18H18O2/c19-18(20)8-4-1-5-13-9-10-15-12-14-6-2-3-7-16(14)17(15)11-13/h2-3,6-7,9-11H,1,4-5,8,12H2,(H,19,20). The molecule has 0 fully saturated rings. The van der Waals surface area contributed by atoms with Crippen molar-refractivity contribution in [3.63, 3.8) is 0 Å². The molecular weight excluding hydrogens is 248 g/mol. The van der Waals surface area contributed by atoms with E-state index in [0.717, 1.165) is 25.7 Å². The highest BCUT2D eigenvalue weighted by Crippen LogP contribution is 2.36. The monoisotopic (exact) mass is 266 g/mol. The van der Waals surface area contributed by atoms with Gasteiger partial charge in [0.1, 0.15) is 0 Å². The van der Waals surface area contributed by atoms with Crippen LogP contribution in [0.5, 0.6) is 0 Å². The van der Waals surface area contributed by atoms with Crippen molar-refractivity contribution in [1.29, 1.82) is 0 Å². The summed E-state index contributed by atoms with van der Waals surface area (Å²) in [7, 11) is 0. The molecule has 0 saturated heterocycles. The van der Waals surface area contributed by atoms with Gasteiger partial charge in [0.25, 0.3) is 0 Å². The van der Waals surface area contributed by atoms with E-state index in [9.17, 15) is 4.79 Å². The molecule has 2 nitrogen and oxygen atoms in total. The number of unbranched alkanes of at least 4 members (excludes halogenated alkanes) is 1. The molecule has 1 aliphatic rings. The van der Waals surface area contributed by atoms with Crippen molar-refractivity contribution in [3.8, 4) is 11.1 Å². The minimum atomic E-state index is -0.701. The number of aryl methyl sites for hydroxylation is 1. The number of carboxylic acids is 1. The molecule has 0 radical (unpaired) electrons. The van der Waals surface area contributed by atoms with Crippen molar-refractivity contribution in [3.05, 3.63) is 59.2 Å². The summed E-state index contributed by atoms with van der Waals surface area (Å²) < 4.78 is 0. The van der Waals surface area contributed by atoms with Gasteiger partial charge in [-0.15, -0.1) is 0 Å². The van der Waals surface area contributed by atoms with Crippen molar-refractivity contribution >= 4 is 5.97 Å². The van der Waals surface area contributed by atoms with Gasteiger partial charge < -0.3 is 5.11 Å². The molecule has 2 aromatic rings. The predicted molar refractivity (Wildman–Crippen MR) is 79.9 cm³/mol. The summed E-state index contributed by atoms with van der Waals surface area (Å²) in [5.41, 5.74) is 6.84. The van der Waals surface area contributed by atoms with Gasteiger partial charge in [-0.2, -0.15) is 0 Å². The van der Waals surface area contributed by atoms with Crippen LogP contribution in [0.1, 0.15) is 36.0 Å². The minimum Gasteiger partial charge on any atom is -0.481 e. The van der Waals surface area contributed by atoms with Crippen LogP contribution in [0.25, 0.3) is 11.1 Å². The van der Waals surface area contributed by atoms with Crippen LogP contribution in [0.3, 0.4) is 0 Å². The van der Waals surface area contributed by atoms with E-state index in [1.54, 1.807) is 0 Å². The number of rotatable bonds is 5. The van der Waals surface area contributed by atoms with Crippen LogP contribution in [-0.2, 0) is 17.6 Å². The molecular formula is C18H18O2. The molecule has 0 aromatic heterocycles. The second-order valence-corrected chi connectivity index (χ2v) is 5.43.